The zero-order chi connectivity index (χ0) is 44.2. The molecule has 9 nitrogen and oxygen atoms in total. The van der Waals surface area contributed by atoms with Gasteiger partial charge in [0.2, 0.25) is 0 Å². The molecule has 0 radical (unpaired) electrons. The number of likely N-dealkylation sites (N-methyl/N-ethyl adjacent to an activating group) is 2. The quantitative estimate of drug-likeness (QED) is 0.0337. The van der Waals surface area contributed by atoms with Crippen molar-refractivity contribution in [3.63, 3.8) is 0 Å². The van der Waals surface area contributed by atoms with Crippen molar-refractivity contribution in [3.05, 3.63) is 0 Å². The molecule has 0 aromatic heterocycles. The maximum Gasteiger partial charge on any atom is 0.508 e. The van der Waals surface area contributed by atoms with Crippen LogP contribution >= 0.6 is 0 Å². The minimum Gasteiger partial charge on any atom is -0.466 e. The molecule has 60 heavy (non-hydrogen) atoms. The van der Waals surface area contributed by atoms with Gasteiger partial charge in [0.05, 0.1) is 13.2 Å². The third-order valence-corrected chi connectivity index (χ3v) is 12.2. The van der Waals surface area contributed by atoms with Gasteiger partial charge in [-0.1, -0.05) is 170 Å². The van der Waals surface area contributed by atoms with Gasteiger partial charge in [-0.05, 0) is 83.3 Å². The lowest BCUT2D eigenvalue weighted by Crippen LogP contribution is -2.37. The van der Waals surface area contributed by atoms with E-state index in [9.17, 15) is 14.4 Å². The van der Waals surface area contributed by atoms with Crippen LogP contribution in [0.4, 0.5) is 4.79 Å². The van der Waals surface area contributed by atoms with E-state index >= 15 is 0 Å². The molecule has 0 saturated carbocycles. The van der Waals surface area contributed by atoms with Crippen molar-refractivity contribution in [2.75, 3.05) is 59.1 Å². The Kier molecular flexibility index (Phi) is 43.8. The largest absolute Gasteiger partial charge is 0.508 e. The maximum atomic E-state index is 12.8. The number of rotatable bonds is 46. The van der Waals surface area contributed by atoms with E-state index in [1.807, 2.05) is 0 Å². The van der Waals surface area contributed by atoms with E-state index in [1.165, 1.54) is 96.3 Å². The van der Waals surface area contributed by atoms with Crippen molar-refractivity contribution in [3.8, 4) is 0 Å². The smallest absolute Gasteiger partial charge is 0.466 e. The van der Waals surface area contributed by atoms with Crippen LogP contribution in [-0.4, -0.2) is 93.1 Å². The summed E-state index contributed by atoms with van der Waals surface area (Å²) < 4.78 is 22.7. The lowest BCUT2D eigenvalue weighted by molar-refractivity contribution is -0.145. The molecule has 0 aliphatic rings. The SMILES string of the molecule is CCCCCCCCCC(=O)OCCCCCCC(CCCCCCOC(=O)CC(CCCCCCC)CCCCCCC)OC(=O)OCCN(CC)CCN(CC)CC. The van der Waals surface area contributed by atoms with Crippen molar-refractivity contribution >= 4 is 18.1 Å². The molecular weight excluding hydrogens is 753 g/mol. The van der Waals surface area contributed by atoms with Gasteiger partial charge in [0.1, 0.15) is 12.7 Å². The van der Waals surface area contributed by atoms with Crippen molar-refractivity contribution in [2.24, 2.45) is 5.92 Å². The second-order valence-electron chi connectivity index (χ2n) is 17.5. The van der Waals surface area contributed by atoms with Crippen LogP contribution in [0, 0.1) is 5.92 Å². The van der Waals surface area contributed by atoms with Crippen molar-refractivity contribution in [1.29, 1.82) is 0 Å². The summed E-state index contributed by atoms with van der Waals surface area (Å²) in [5, 5.41) is 0. The van der Waals surface area contributed by atoms with Crippen molar-refractivity contribution in [1.82, 2.24) is 9.80 Å². The van der Waals surface area contributed by atoms with Crippen LogP contribution in [0.5, 0.6) is 0 Å². The van der Waals surface area contributed by atoms with E-state index in [4.69, 9.17) is 18.9 Å². The molecule has 0 heterocycles. The Bertz CT molecular complexity index is 932. The minimum atomic E-state index is -0.570. The van der Waals surface area contributed by atoms with Gasteiger partial charge in [-0.2, -0.15) is 0 Å². The summed E-state index contributed by atoms with van der Waals surface area (Å²) in [6.07, 6.45) is 32.9. The molecule has 356 valence electrons. The zero-order valence-electron chi connectivity index (χ0n) is 40.7. The van der Waals surface area contributed by atoms with E-state index in [1.54, 1.807) is 0 Å². The molecule has 0 fully saturated rings. The fourth-order valence-electron chi connectivity index (χ4n) is 7.98. The highest BCUT2D eigenvalue weighted by Gasteiger charge is 2.17. The van der Waals surface area contributed by atoms with E-state index in [0.29, 0.717) is 45.1 Å². The lowest BCUT2D eigenvalue weighted by Gasteiger charge is -2.25. The van der Waals surface area contributed by atoms with E-state index in [-0.39, 0.29) is 18.0 Å². The number of carbonyl (C=O) groups is 3. The highest BCUT2D eigenvalue weighted by Crippen LogP contribution is 2.23. The molecule has 0 aromatic rings. The normalized spacial score (nSPS) is 12.1. The summed E-state index contributed by atoms with van der Waals surface area (Å²) in [5.74, 6) is 0.358. The summed E-state index contributed by atoms with van der Waals surface area (Å²) in [6, 6.07) is 0. The molecule has 1 atom stereocenters. The average Bonchev–Trinajstić information content (AvgIpc) is 3.24. The first-order chi connectivity index (χ1) is 29.3. The van der Waals surface area contributed by atoms with Crippen LogP contribution < -0.4 is 0 Å². The van der Waals surface area contributed by atoms with Gasteiger partial charge in [0.15, 0.2) is 0 Å². The van der Waals surface area contributed by atoms with Crippen LogP contribution in [0.2, 0.25) is 0 Å². The second-order valence-corrected chi connectivity index (χ2v) is 17.5. The van der Waals surface area contributed by atoms with Crippen LogP contribution in [0.1, 0.15) is 241 Å². The number of hydrogen-bond acceptors (Lipinski definition) is 9. The van der Waals surface area contributed by atoms with E-state index < -0.39 is 6.16 Å². The lowest BCUT2D eigenvalue weighted by atomic mass is 9.91. The van der Waals surface area contributed by atoms with Gasteiger partial charge in [-0.25, -0.2) is 4.79 Å². The first-order valence-electron chi connectivity index (χ1n) is 25.9. The summed E-state index contributed by atoms with van der Waals surface area (Å²) in [7, 11) is 0. The predicted octanol–water partition coefficient (Wildman–Crippen LogP) is 14.0. The highest BCUT2D eigenvalue weighted by atomic mass is 16.7. The topological polar surface area (TPSA) is 94.6 Å². The standard InChI is InChI=1S/C51H100N2O7/c1-7-13-16-19-20-23-32-39-49(54)57-43-33-26-24-30-37-48(60-51(56)59-45-42-53(12-6)41-40-52(10-4)11-5)38-31-25-27-34-44-58-50(55)46-47(35-28-21-17-14-8-2)36-29-22-18-15-9-3/h47-48H,7-46H2,1-6H3. The Morgan fingerprint density at radius 1 is 0.400 bits per heavy atom. The molecule has 0 aliphatic heterocycles. The highest BCUT2D eigenvalue weighted by molar-refractivity contribution is 5.69. The molecule has 0 rings (SSSR count). The molecule has 0 saturated heterocycles. The van der Waals surface area contributed by atoms with Gasteiger partial charge in [0, 0.05) is 32.5 Å². The molecular formula is C51H100N2O7. The first-order valence-corrected chi connectivity index (χ1v) is 25.9. The third kappa shape index (κ3) is 39.0. The maximum absolute atomic E-state index is 12.8. The number of unbranched alkanes of at least 4 members (excludes halogenated alkanes) is 20. The van der Waals surface area contributed by atoms with Crippen molar-refractivity contribution < 1.29 is 33.3 Å². The fourth-order valence-corrected chi connectivity index (χ4v) is 7.98. The Morgan fingerprint density at radius 2 is 0.817 bits per heavy atom. The molecule has 0 spiro atoms. The summed E-state index contributed by atoms with van der Waals surface area (Å²) in [4.78, 5) is 42.5. The molecule has 1 unspecified atom stereocenters. The Morgan fingerprint density at radius 3 is 1.32 bits per heavy atom. The van der Waals surface area contributed by atoms with Crippen LogP contribution in [0.25, 0.3) is 0 Å². The Balaban J connectivity index is 4.68. The van der Waals surface area contributed by atoms with E-state index in [2.05, 4.69) is 51.3 Å². The average molecular weight is 853 g/mol. The molecule has 0 aliphatic carbocycles. The summed E-state index contributed by atoms with van der Waals surface area (Å²) >= 11 is 0. The number of esters is 2. The molecule has 0 N–H and O–H groups in total. The minimum absolute atomic E-state index is 0.0262. The van der Waals surface area contributed by atoms with Crippen molar-refractivity contribution in [2.45, 2.75) is 247 Å². The van der Waals surface area contributed by atoms with Gasteiger partial charge >= 0.3 is 18.1 Å². The zero-order valence-corrected chi connectivity index (χ0v) is 40.7. The number of hydrogen-bond donors (Lipinski definition) is 0. The Labute approximate surface area is 371 Å². The summed E-state index contributed by atoms with van der Waals surface area (Å²) in [5.41, 5.74) is 0. The molecule has 9 heteroatoms. The third-order valence-electron chi connectivity index (χ3n) is 12.2. The number of nitrogens with zero attached hydrogens (tertiary/aromatic N) is 2. The molecule has 0 bridgehead atoms. The Hall–Kier alpha value is -1.87. The van der Waals surface area contributed by atoms with Crippen LogP contribution in [-0.2, 0) is 28.5 Å². The second kappa shape index (κ2) is 45.2. The number of carbonyl (C=O) groups excluding carboxylic acids is 3. The fraction of sp³-hybridized carbons (Fsp3) is 0.941. The van der Waals surface area contributed by atoms with Crippen LogP contribution in [0.15, 0.2) is 0 Å². The van der Waals surface area contributed by atoms with Gasteiger partial charge in [0.25, 0.3) is 0 Å². The molecule has 0 aromatic carbocycles. The molecule has 0 amide bonds. The van der Waals surface area contributed by atoms with Gasteiger partial charge in [-0.15, -0.1) is 0 Å². The van der Waals surface area contributed by atoms with Gasteiger partial charge < -0.3 is 23.8 Å². The van der Waals surface area contributed by atoms with Crippen LogP contribution in [0.3, 0.4) is 0 Å². The van der Waals surface area contributed by atoms with Gasteiger partial charge in [-0.3, -0.25) is 14.5 Å². The number of ether oxygens (including phenoxy) is 4. The predicted molar refractivity (Wildman–Crippen MR) is 252 cm³/mol. The first kappa shape index (κ1) is 58.1. The van der Waals surface area contributed by atoms with E-state index in [0.717, 1.165) is 123 Å². The summed E-state index contributed by atoms with van der Waals surface area (Å²) in [6.45, 7) is 20.2. The monoisotopic (exact) mass is 853 g/mol.